The molecule has 4 nitrogen and oxygen atoms in total. The molecule has 1 saturated heterocycles. The van der Waals surface area contributed by atoms with Gasteiger partial charge in [-0.2, -0.15) is 13.2 Å². The van der Waals surface area contributed by atoms with E-state index in [1.54, 1.807) is 0 Å². The Kier molecular flexibility index (Phi) is 6.93. The summed E-state index contributed by atoms with van der Waals surface area (Å²) in [5.41, 5.74) is 0.0804. The van der Waals surface area contributed by atoms with Crippen LogP contribution in [0.1, 0.15) is 30.9 Å². The van der Waals surface area contributed by atoms with Crippen LogP contribution < -0.4 is 5.32 Å². The maximum atomic E-state index is 12.8. The molecule has 1 N–H and O–H groups in total. The molecule has 1 heterocycles. The second-order valence-corrected chi connectivity index (χ2v) is 6.97. The van der Waals surface area contributed by atoms with Crippen molar-refractivity contribution in [2.24, 2.45) is 0 Å². The smallest absolute Gasteiger partial charge is 0.334 e. The zero-order valence-electron chi connectivity index (χ0n) is 14.8. The van der Waals surface area contributed by atoms with Gasteiger partial charge in [-0.15, -0.1) is 12.4 Å². The van der Waals surface area contributed by atoms with Crippen LogP contribution in [0.15, 0.2) is 24.3 Å². The molecule has 0 spiro atoms. The average Bonchev–Trinajstić information content (AvgIpc) is 3.39. The van der Waals surface area contributed by atoms with Gasteiger partial charge in [-0.25, -0.2) is 0 Å². The molecule has 0 unspecified atom stereocenters. The van der Waals surface area contributed by atoms with Gasteiger partial charge in [0.25, 0.3) is 0 Å². The summed E-state index contributed by atoms with van der Waals surface area (Å²) in [6, 6.07) is 5.66. The van der Waals surface area contributed by atoms with Crippen molar-refractivity contribution >= 4 is 18.3 Å². The topological polar surface area (TPSA) is 35.6 Å². The Morgan fingerprint density at radius 2 is 1.92 bits per heavy atom. The predicted molar refractivity (Wildman–Crippen MR) is 96.2 cm³/mol. The Morgan fingerprint density at radius 1 is 1.27 bits per heavy atom. The van der Waals surface area contributed by atoms with Gasteiger partial charge in [0, 0.05) is 38.3 Å². The summed E-state index contributed by atoms with van der Waals surface area (Å²) in [6.07, 6.45) is -2.38. The molecule has 1 aliphatic carbocycles. The summed E-state index contributed by atoms with van der Waals surface area (Å²) in [5, 5.41) is 3.30. The first kappa shape index (κ1) is 21.0. The van der Waals surface area contributed by atoms with Gasteiger partial charge in [-0.05, 0) is 37.5 Å². The molecule has 146 valence electrons. The van der Waals surface area contributed by atoms with Crippen molar-refractivity contribution in [3.05, 3.63) is 35.4 Å². The van der Waals surface area contributed by atoms with Crippen molar-refractivity contribution in [2.75, 3.05) is 26.2 Å². The van der Waals surface area contributed by atoms with Crippen LogP contribution in [-0.2, 0) is 17.5 Å². The van der Waals surface area contributed by atoms with E-state index in [1.807, 2.05) is 4.90 Å². The van der Waals surface area contributed by atoms with Gasteiger partial charge in [0.1, 0.15) is 0 Å². The van der Waals surface area contributed by atoms with Gasteiger partial charge in [0.15, 0.2) is 0 Å². The lowest BCUT2D eigenvalue weighted by atomic mass is 10.1. The molecule has 1 amide bonds. The molecule has 1 aromatic rings. The van der Waals surface area contributed by atoms with E-state index in [2.05, 4.69) is 17.1 Å². The molecular weight excluding hydrogens is 367 g/mol. The van der Waals surface area contributed by atoms with Gasteiger partial charge in [-0.3, -0.25) is 9.69 Å². The molecule has 1 saturated carbocycles. The summed E-state index contributed by atoms with van der Waals surface area (Å²) in [7, 11) is 0. The first-order valence-corrected chi connectivity index (χ1v) is 8.75. The van der Waals surface area contributed by atoms with E-state index in [0.717, 1.165) is 50.2 Å². The highest BCUT2D eigenvalue weighted by atomic mass is 35.5. The second kappa shape index (κ2) is 8.59. The number of carbonyl (C=O) groups excluding carboxylic acids is 1. The molecule has 26 heavy (non-hydrogen) atoms. The van der Waals surface area contributed by atoms with E-state index in [9.17, 15) is 18.0 Å². The average molecular weight is 392 g/mol. The summed E-state index contributed by atoms with van der Waals surface area (Å²) in [5.74, 6) is 0.0659. The molecule has 0 aromatic heterocycles. The Morgan fingerprint density at radius 3 is 2.46 bits per heavy atom. The summed E-state index contributed by atoms with van der Waals surface area (Å²) < 4.78 is 38.0. The Bertz CT molecular complexity index is 605. The lowest BCUT2D eigenvalue weighted by Gasteiger charge is -2.35. The molecule has 2 aliphatic rings. The fourth-order valence-electron chi connectivity index (χ4n) is 3.19. The van der Waals surface area contributed by atoms with Gasteiger partial charge in [0.05, 0.1) is 12.1 Å². The molecular formula is C18H25ClF3N3O. The Labute approximate surface area is 158 Å². The molecule has 2 fully saturated rings. The van der Waals surface area contributed by atoms with Gasteiger partial charge < -0.3 is 10.2 Å². The van der Waals surface area contributed by atoms with Crippen LogP contribution in [0, 0.1) is 0 Å². The first-order chi connectivity index (χ1) is 11.8. The van der Waals surface area contributed by atoms with Gasteiger partial charge in [0.2, 0.25) is 5.91 Å². The normalized spacial score (nSPS) is 21.2. The van der Waals surface area contributed by atoms with Crippen molar-refractivity contribution in [1.82, 2.24) is 15.1 Å². The highest BCUT2D eigenvalue weighted by molar-refractivity contribution is 5.85. The van der Waals surface area contributed by atoms with Crippen LogP contribution in [-0.4, -0.2) is 54.0 Å². The minimum atomic E-state index is -4.33. The van der Waals surface area contributed by atoms with E-state index in [-0.39, 0.29) is 24.4 Å². The molecule has 1 atom stereocenters. The SMILES string of the molecule is C[C@@H]1CNCCN1CC(=O)N(Cc1ccc(C(F)(F)F)cc1)C1CC1.Cl. The number of nitrogens with one attached hydrogen (secondary N) is 1. The largest absolute Gasteiger partial charge is 0.416 e. The number of halogens is 4. The molecule has 1 aromatic carbocycles. The van der Waals surface area contributed by atoms with Crippen molar-refractivity contribution in [2.45, 2.75) is 44.6 Å². The van der Waals surface area contributed by atoms with E-state index in [0.29, 0.717) is 19.1 Å². The number of hydrogen-bond acceptors (Lipinski definition) is 3. The van der Waals surface area contributed by atoms with E-state index in [1.165, 1.54) is 12.1 Å². The highest BCUT2D eigenvalue weighted by Gasteiger charge is 2.34. The standard InChI is InChI=1S/C18H24F3N3O.ClH/c1-13-10-22-8-9-23(13)12-17(25)24(16-6-7-16)11-14-2-4-15(5-3-14)18(19,20)21;/h2-5,13,16,22H,6-12H2,1H3;1H/t13-;/m1./s1. The molecule has 1 aliphatic heterocycles. The monoisotopic (exact) mass is 391 g/mol. The van der Waals surface area contributed by atoms with Crippen LogP contribution in [0.3, 0.4) is 0 Å². The van der Waals surface area contributed by atoms with Crippen LogP contribution in [0.5, 0.6) is 0 Å². The quantitative estimate of drug-likeness (QED) is 0.838. The number of benzene rings is 1. The van der Waals surface area contributed by atoms with E-state index >= 15 is 0 Å². The van der Waals surface area contributed by atoms with Crippen molar-refractivity contribution in [3.8, 4) is 0 Å². The molecule has 8 heteroatoms. The van der Waals surface area contributed by atoms with Crippen molar-refractivity contribution in [3.63, 3.8) is 0 Å². The van der Waals surface area contributed by atoms with Crippen LogP contribution >= 0.6 is 12.4 Å². The second-order valence-electron chi connectivity index (χ2n) is 6.97. The molecule has 0 radical (unpaired) electrons. The Balaban J connectivity index is 0.00000243. The van der Waals surface area contributed by atoms with Crippen LogP contribution in [0.2, 0.25) is 0 Å². The van der Waals surface area contributed by atoms with Crippen LogP contribution in [0.4, 0.5) is 13.2 Å². The summed E-state index contributed by atoms with van der Waals surface area (Å²) >= 11 is 0. The molecule has 0 bridgehead atoms. The Hall–Kier alpha value is -1.31. The van der Waals surface area contributed by atoms with Gasteiger partial charge >= 0.3 is 6.18 Å². The van der Waals surface area contributed by atoms with E-state index < -0.39 is 11.7 Å². The number of carbonyl (C=O) groups is 1. The van der Waals surface area contributed by atoms with Crippen molar-refractivity contribution < 1.29 is 18.0 Å². The van der Waals surface area contributed by atoms with Crippen LogP contribution in [0.25, 0.3) is 0 Å². The van der Waals surface area contributed by atoms with E-state index in [4.69, 9.17) is 0 Å². The zero-order chi connectivity index (χ0) is 18.0. The summed E-state index contributed by atoms with van der Waals surface area (Å²) in [4.78, 5) is 16.8. The van der Waals surface area contributed by atoms with Crippen molar-refractivity contribution in [1.29, 1.82) is 0 Å². The third kappa shape index (κ3) is 5.34. The molecule has 3 rings (SSSR count). The predicted octanol–water partition coefficient (Wildman–Crippen LogP) is 2.91. The summed E-state index contributed by atoms with van der Waals surface area (Å²) in [6.45, 7) is 5.43. The maximum absolute atomic E-state index is 12.8. The number of rotatable bonds is 5. The number of amides is 1. The maximum Gasteiger partial charge on any atom is 0.416 e. The number of alkyl halides is 3. The lowest BCUT2D eigenvalue weighted by Crippen LogP contribution is -2.53. The number of hydrogen-bond donors (Lipinski definition) is 1. The number of piperazine rings is 1. The fraction of sp³-hybridized carbons (Fsp3) is 0.611. The third-order valence-electron chi connectivity index (χ3n) is 4.92. The zero-order valence-corrected chi connectivity index (χ0v) is 15.6. The minimum absolute atomic E-state index is 0. The minimum Gasteiger partial charge on any atom is -0.334 e. The fourth-order valence-corrected chi connectivity index (χ4v) is 3.19. The highest BCUT2D eigenvalue weighted by Crippen LogP contribution is 2.31. The number of nitrogens with zero attached hydrogens (tertiary/aromatic N) is 2. The lowest BCUT2D eigenvalue weighted by molar-refractivity contribution is -0.138. The van der Waals surface area contributed by atoms with Gasteiger partial charge in [-0.1, -0.05) is 12.1 Å². The third-order valence-corrected chi connectivity index (χ3v) is 4.92. The first-order valence-electron chi connectivity index (χ1n) is 8.75.